The Morgan fingerprint density at radius 2 is 2.05 bits per heavy atom. The van der Waals surface area contributed by atoms with Crippen molar-refractivity contribution in [2.45, 2.75) is 26.7 Å². The van der Waals surface area contributed by atoms with E-state index in [1.807, 2.05) is 13.8 Å². The molecule has 20 heavy (non-hydrogen) atoms. The van der Waals surface area contributed by atoms with E-state index in [1.165, 1.54) is 0 Å². The monoisotopic (exact) mass is 311 g/mol. The fourth-order valence-electron chi connectivity index (χ4n) is 1.66. The molecule has 0 atom stereocenters. The molecule has 0 aliphatic carbocycles. The van der Waals surface area contributed by atoms with Crippen LogP contribution in [0.3, 0.4) is 0 Å². The van der Waals surface area contributed by atoms with E-state index in [0.29, 0.717) is 16.3 Å². The molecule has 0 spiro atoms. The standard InChI is InChI=1S/C12H13N3O3S2/c1-5(2)7-9(20-15-14-7)11(16)13-8-6(3)4-19-10(8)12(17)18/h4-5H,1-3H3,(H,13,16)(H,17,18). The van der Waals surface area contributed by atoms with Gasteiger partial charge < -0.3 is 10.4 Å². The average molecular weight is 311 g/mol. The highest BCUT2D eigenvalue weighted by atomic mass is 32.1. The quantitative estimate of drug-likeness (QED) is 0.905. The normalized spacial score (nSPS) is 10.8. The Hall–Kier alpha value is -1.80. The number of aromatic nitrogens is 2. The number of carboxylic acid groups (broad SMARTS) is 1. The highest BCUT2D eigenvalue weighted by Crippen LogP contribution is 2.29. The minimum atomic E-state index is -1.05. The van der Waals surface area contributed by atoms with Crippen LogP contribution in [-0.2, 0) is 0 Å². The largest absolute Gasteiger partial charge is 0.477 e. The zero-order valence-corrected chi connectivity index (χ0v) is 12.8. The van der Waals surface area contributed by atoms with Gasteiger partial charge in [-0.3, -0.25) is 4.79 Å². The van der Waals surface area contributed by atoms with Gasteiger partial charge in [-0.1, -0.05) is 18.3 Å². The number of amides is 1. The molecule has 0 aliphatic heterocycles. The maximum Gasteiger partial charge on any atom is 0.348 e. The first-order valence-electron chi connectivity index (χ1n) is 5.86. The van der Waals surface area contributed by atoms with Gasteiger partial charge in [-0.15, -0.1) is 16.4 Å². The van der Waals surface area contributed by atoms with E-state index in [1.54, 1.807) is 12.3 Å². The van der Waals surface area contributed by atoms with E-state index in [0.717, 1.165) is 28.4 Å². The van der Waals surface area contributed by atoms with Crippen LogP contribution >= 0.6 is 22.9 Å². The number of nitrogens with one attached hydrogen (secondary N) is 1. The Bertz CT molecular complexity index is 661. The molecule has 6 nitrogen and oxygen atoms in total. The smallest absolute Gasteiger partial charge is 0.348 e. The predicted octanol–water partition coefficient (Wildman–Crippen LogP) is 2.98. The number of aryl methyl sites for hydroxylation is 1. The lowest BCUT2D eigenvalue weighted by atomic mass is 10.1. The van der Waals surface area contributed by atoms with E-state index < -0.39 is 5.97 Å². The molecule has 2 rings (SSSR count). The van der Waals surface area contributed by atoms with Gasteiger partial charge in [0.2, 0.25) is 0 Å². The van der Waals surface area contributed by atoms with Crippen molar-refractivity contribution in [1.29, 1.82) is 0 Å². The highest BCUT2D eigenvalue weighted by molar-refractivity contribution is 7.12. The van der Waals surface area contributed by atoms with E-state index in [-0.39, 0.29) is 16.7 Å². The van der Waals surface area contributed by atoms with Crippen LogP contribution in [0, 0.1) is 6.92 Å². The zero-order chi connectivity index (χ0) is 14.9. The van der Waals surface area contributed by atoms with Crippen molar-refractivity contribution in [3.63, 3.8) is 0 Å². The number of anilines is 1. The van der Waals surface area contributed by atoms with E-state index >= 15 is 0 Å². The second-order valence-corrected chi connectivity index (χ2v) is 6.16. The molecule has 2 heterocycles. The number of hydrogen-bond donors (Lipinski definition) is 2. The number of nitrogens with zero attached hydrogens (tertiary/aromatic N) is 2. The third kappa shape index (κ3) is 2.70. The molecule has 0 radical (unpaired) electrons. The van der Waals surface area contributed by atoms with Crippen molar-refractivity contribution < 1.29 is 14.7 Å². The molecule has 8 heteroatoms. The molecule has 2 N–H and O–H groups in total. The third-order valence-corrected chi connectivity index (χ3v) is 4.50. The molecule has 0 saturated heterocycles. The van der Waals surface area contributed by atoms with Gasteiger partial charge in [0.1, 0.15) is 9.75 Å². The summed E-state index contributed by atoms with van der Waals surface area (Å²) in [5.41, 5.74) is 1.69. The Morgan fingerprint density at radius 3 is 2.65 bits per heavy atom. The number of rotatable bonds is 4. The Balaban J connectivity index is 2.31. The van der Waals surface area contributed by atoms with Crippen molar-refractivity contribution >= 4 is 40.4 Å². The van der Waals surface area contributed by atoms with Crippen LogP contribution in [0.2, 0.25) is 0 Å². The second-order valence-electron chi connectivity index (χ2n) is 4.52. The lowest BCUT2D eigenvalue weighted by Crippen LogP contribution is -2.15. The van der Waals surface area contributed by atoms with Crippen LogP contribution in [0.4, 0.5) is 5.69 Å². The van der Waals surface area contributed by atoms with Crippen LogP contribution in [0.25, 0.3) is 0 Å². The minimum absolute atomic E-state index is 0.0806. The van der Waals surface area contributed by atoms with Crippen LogP contribution in [0.1, 0.15) is 50.4 Å². The Kier molecular flexibility index (Phi) is 4.15. The molecule has 0 unspecified atom stereocenters. The molecule has 0 aromatic carbocycles. The lowest BCUT2D eigenvalue weighted by molar-refractivity contribution is 0.0703. The first-order chi connectivity index (χ1) is 9.41. The molecule has 2 aromatic rings. The fourth-order valence-corrected chi connectivity index (χ4v) is 3.22. The molecule has 0 saturated carbocycles. The summed E-state index contributed by atoms with van der Waals surface area (Å²) in [6.45, 7) is 5.60. The molecule has 2 aromatic heterocycles. The first kappa shape index (κ1) is 14.6. The number of carboxylic acids is 1. The van der Waals surface area contributed by atoms with Crippen LogP contribution in [0.15, 0.2) is 5.38 Å². The number of aromatic carboxylic acids is 1. The maximum absolute atomic E-state index is 12.3. The SMILES string of the molecule is Cc1csc(C(=O)O)c1NC(=O)c1snnc1C(C)C. The third-order valence-electron chi connectivity index (χ3n) is 2.67. The van der Waals surface area contributed by atoms with Crippen molar-refractivity contribution in [3.8, 4) is 0 Å². The van der Waals surface area contributed by atoms with Crippen LogP contribution < -0.4 is 5.32 Å². The fraction of sp³-hybridized carbons (Fsp3) is 0.333. The molecule has 0 bridgehead atoms. The van der Waals surface area contributed by atoms with Crippen LogP contribution in [0.5, 0.6) is 0 Å². The molecular weight excluding hydrogens is 298 g/mol. The maximum atomic E-state index is 12.3. The molecule has 106 valence electrons. The summed E-state index contributed by atoms with van der Waals surface area (Å²) >= 11 is 2.10. The molecular formula is C12H13N3O3S2. The number of thiophene rings is 1. The first-order valence-corrected chi connectivity index (χ1v) is 7.52. The van der Waals surface area contributed by atoms with Crippen molar-refractivity contribution in [2.75, 3.05) is 5.32 Å². The van der Waals surface area contributed by atoms with Gasteiger partial charge in [0.25, 0.3) is 5.91 Å². The summed E-state index contributed by atoms with van der Waals surface area (Å²) in [5.74, 6) is -1.34. The number of carbonyl (C=O) groups is 2. The zero-order valence-electron chi connectivity index (χ0n) is 11.1. The van der Waals surface area contributed by atoms with Gasteiger partial charge in [0.15, 0.2) is 0 Å². The summed E-state index contributed by atoms with van der Waals surface area (Å²) in [6, 6.07) is 0. The topological polar surface area (TPSA) is 92.2 Å². The van der Waals surface area contributed by atoms with Gasteiger partial charge in [-0.25, -0.2) is 4.79 Å². The van der Waals surface area contributed by atoms with Gasteiger partial charge in [-0.05, 0) is 35.3 Å². The number of carbonyl (C=O) groups excluding carboxylic acids is 1. The second kappa shape index (κ2) is 5.68. The van der Waals surface area contributed by atoms with Crippen molar-refractivity contribution in [3.05, 3.63) is 26.4 Å². The van der Waals surface area contributed by atoms with Gasteiger partial charge in [-0.2, -0.15) is 0 Å². The summed E-state index contributed by atoms with van der Waals surface area (Å²) < 4.78 is 3.79. The summed E-state index contributed by atoms with van der Waals surface area (Å²) in [6.07, 6.45) is 0. The molecule has 0 aliphatic rings. The van der Waals surface area contributed by atoms with E-state index in [4.69, 9.17) is 5.11 Å². The van der Waals surface area contributed by atoms with Crippen molar-refractivity contribution in [2.24, 2.45) is 0 Å². The summed E-state index contributed by atoms with van der Waals surface area (Å²) in [7, 11) is 0. The lowest BCUT2D eigenvalue weighted by Gasteiger charge is -2.07. The molecule has 0 fully saturated rings. The predicted molar refractivity (Wildman–Crippen MR) is 78.0 cm³/mol. The van der Waals surface area contributed by atoms with Gasteiger partial charge in [0.05, 0.1) is 11.4 Å². The number of hydrogen-bond acceptors (Lipinski definition) is 6. The van der Waals surface area contributed by atoms with E-state index in [9.17, 15) is 9.59 Å². The van der Waals surface area contributed by atoms with Crippen molar-refractivity contribution in [1.82, 2.24) is 9.59 Å². The van der Waals surface area contributed by atoms with Gasteiger partial charge in [0, 0.05) is 0 Å². The van der Waals surface area contributed by atoms with Gasteiger partial charge >= 0.3 is 5.97 Å². The summed E-state index contributed by atoms with van der Waals surface area (Å²) in [4.78, 5) is 23.9. The summed E-state index contributed by atoms with van der Waals surface area (Å²) in [5, 5.41) is 17.4. The van der Waals surface area contributed by atoms with Crippen LogP contribution in [-0.4, -0.2) is 26.6 Å². The van der Waals surface area contributed by atoms with E-state index in [2.05, 4.69) is 14.9 Å². The Labute approximate surface area is 123 Å². The minimum Gasteiger partial charge on any atom is -0.477 e. The average Bonchev–Trinajstić information content (AvgIpc) is 2.97. The highest BCUT2D eigenvalue weighted by Gasteiger charge is 2.22. The molecule has 1 amide bonds. The Morgan fingerprint density at radius 1 is 1.35 bits per heavy atom.